The lowest BCUT2D eigenvalue weighted by Crippen LogP contribution is -2.58. The van der Waals surface area contributed by atoms with Crippen LogP contribution in [0.2, 0.25) is 0 Å². The average Bonchev–Trinajstić information content (AvgIpc) is 2.75. The van der Waals surface area contributed by atoms with Crippen molar-refractivity contribution in [3.63, 3.8) is 0 Å². The van der Waals surface area contributed by atoms with Gasteiger partial charge in [-0.3, -0.25) is 4.90 Å². The zero-order valence-electron chi connectivity index (χ0n) is 13.5. The van der Waals surface area contributed by atoms with Crippen LogP contribution in [0.4, 0.5) is 0 Å². The Morgan fingerprint density at radius 2 is 1.95 bits per heavy atom. The predicted octanol–water partition coefficient (Wildman–Crippen LogP) is 2.04. The third-order valence-corrected chi connectivity index (χ3v) is 5.18. The summed E-state index contributed by atoms with van der Waals surface area (Å²) in [6.07, 6.45) is 5.51. The summed E-state index contributed by atoms with van der Waals surface area (Å²) in [5, 5.41) is 3.61. The normalized spacial score (nSPS) is 41.1. The zero-order chi connectivity index (χ0) is 14.0. The van der Waals surface area contributed by atoms with Gasteiger partial charge in [0.25, 0.3) is 0 Å². The molecule has 3 nitrogen and oxygen atoms in total. The average molecular weight is 267 g/mol. The molecule has 0 aromatic rings. The van der Waals surface area contributed by atoms with Gasteiger partial charge in [0.1, 0.15) is 0 Å². The van der Waals surface area contributed by atoms with E-state index >= 15 is 0 Å². The van der Waals surface area contributed by atoms with E-state index in [1.807, 2.05) is 0 Å². The minimum atomic E-state index is 0.682. The fourth-order valence-corrected chi connectivity index (χ4v) is 4.55. The van der Waals surface area contributed by atoms with Crippen LogP contribution in [0.5, 0.6) is 0 Å². The summed E-state index contributed by atoms with van der Waals surface area (Å²) in [5.74, 6) is 1.70. The maximum atomic E-state index is 3.61. The van der Waals surface area contributed by atoms with E-state index in [0.717, 1.165) is 23.9 Å². The van der Waals surface area contributed by atoms with E-state index in [-0.39, 0.29) is 0 Å². The molecule has 0 aromatic carbocycles. The molecule has 0 bridgehead atoms. The Balaban J connectivity index is 2.08. The van der Waals surface area contributed by atoms with E-state index in [2.05, 4.69) is 50.1 Å². The van der Waals surface area contributed by atoms with Gasteiger partial charge in [0, 0.05) is 24.7 Å². The van der Waals surface area contributed by atoms with Crippen molar-refractivity contribution in [1.29, 1.82) is 0 Å². The minimum absolute atomic E-state index is 0.682. The molecule has 0 radical (unpaired) electrons. The summed E-state index contributed by atoms with van der Waals surface area (Å²) in [6.45, 7) is 7.41. The first kappa shape index (κ1) is 15.3. The van der Waals surface area contributed by atoms with Gasteiger partial charge in [-0.2, -0.15) is 0 Å². The Labute approximate surface area is 119 Å². The molecule has 3 heteroatoms. The van der Waals surface area contributed by atoms with Gasteiger partial charge in [0.2, 0.25) is 0 Å². The summed E-state index contributed by atoms with van der Waals surface area (Å²) in [4.78, 5) is 5.19. The second-order valence-corrected chi connectivity index (χ2v) is 7.24. The van der Waals surface area contributed by atoms with E-state index in [4.69, 9.17) is 0 Å². The molecular weight excluding hydrogens is 234 g/mol. The molecule has 0 spiro atoms. The maximum absolute atomic E-state index is 3.61. The summed E-state index contributed by atoms with van der Waals surface area (Å²) in [6, 6.07) is 2.20. The van der Waals surface area contributed by atoms with Crippen molar-refractivity contribution in [2.24, 2.45) is 11.8 Å². The number of likely N-dealkylation sites (N-methyl/N-ethyl adjacent to an activating group) is 2. The fraction of sp³-hybridized carbons (Fsp3) is 1.00. The van der Waals surface area contributed by atoms with Crippen LogP contribution in [0.15, 0.2) is 0 Å². The molecule has 1 saturated heterocycles. The van der Waals surface area contributed by atoms with Crippen LogP contribution in [0, 0.1) is 11.8 Å². The number of hydrogen-bond acceptors (Lipinski definition) is 3. The highest BCUT2D eigenvalue weighted by Gasteiger charge is 2.41. The monoisotopic (exact) mass is 267 g/mol. The summed E-state index contributed by atoms with van der Waals surface area (Å²) >= 11 is 0. The van der Waals surface area contributed by atoms with E-state index in [0.29, 0.717) is 6.04 Å². The molecule has 112 valence electrons. The summed E-state index contributed by atoms with van der Waals surface area (Å²) in [5.41, 5.74) is 0. The lowest BCUT2D eigenvalue weighted by atomic mass is 9.75. The van der Waals surface area contributed by atoms with Crippen LogP contribution in [-0.2, 0) is 0 Å². The first-order valence-electron chi connectivity index (χ1n) is 8.10. The third kappa shape index (κ3) is 3.50. The van der Waals surface area contributed by atoms with Crippen LogP contribution in [-0.4, -0.2) is 62.2 Å². The fourth-order valence-electron chi connectivity index (χ4n) is 4.55. The highest BCUT2D eigenvalue weighted by Crippen LogP contribution is 2.35. The number of nitrogens with zero attached hydrogens (tertiary/aromatic N) is 2. The molecule has 19 heavy (non-hydrogen) atoms. The van der Waals surface area contributed by atoms with Crippen molar-refractivity contribution in [1.82, 2.24) is 15.1 Å². The lowest BCUT2D eigenvalue weighted by Gasteiger charge is -2.47. The first-order valence-corrected chi connectivity index (χ1v) is 8.10. The van der Waals surface area contributed by atoms with Gasteiger partial charge in [-0.25, -0.2) is 0 Å². The van der Waals surface area contributed by atoms with Crippen LogP contribution < -0.4 is 5.32 Å². The Morgan fingerprint density at radius 1 is 1.21 bits per heavy atom. The van der Waals surface area contributed by atoms with Gasteiger partial charge in [0.15, 0.2) is 0 Å². The summed E-state index contributed by atoms with van der Waals surface area (Å²) in [7, 11) is 6.57. The molecule has 2 aliphatic rings. The van der Waals surface area contributed by atoms with E-state index in [1.165, 1.54) is 38.8 Å². The molecule has 1 aliphatic carbocycles. The van der Waals surface area contributed by atoms with Gasteiger partial charge < -0.3 is 10.2 Å². The second-order valence-electron chi connectivity index (χ2n) is 7.24. The number of rotatable bonds is 4. The molecule has 1 N–H and O–H groups in total. The topological polar surface area (TPSA) is 18.5 Å². The zero-order valence-corrected chi connectivity index (χ0v) is 13.5. The standard InChI is InChI=1S/C16H33N3/c1-12-9-13(2)16(15(10-12)17-3)19-8-6-7-14(19)11-18(4)5/h12-17H,6-11H2,1-5H3. The Kier molecular flexibility index (Phi) is 5.27. The molecule has 1 aliphatic heterocycles. The van der Waals surface area contributed by atoms with Crippen molar-refractivity contribution in [3.05, 3.63) is 0 Å². The summed E-state index contributed by atoms with van der Waals surface area (Å²) < 4.78 is 0. The molecular formula is C16H33N3. The highest BCUT2D eigenvalue weighted by molar-refractivity contribution is 4.97. The SMILES string of the molecule is CNC1CC(C)CC(C)C1N1CCCC1CN(C)C. The number of likely N-dealkylation sites (tertiary alicyclic amines) is 1. The number of hydrogen-bond donors (Lipinski definition) is 1. The highest BCUT2D eigenvalue weighted by atomic mass is 15.3. The Bertz CT molecular complexity index is 279. The second kappa shape index (κ2) is 6.55. The van der Waals surface area contributed by atoms with Gasteiger partial charge in [-0.15, -0.1) is 0 Å². The van der Waals surface area contributed by atoms with Gasteiger partial charge in [-0.1, -0.05) is 13.8 Å². The molecule has 0 aromatic heterocycles. The molecule has 5 unspecified atom stereocenters. The largest absolute Gasteiger partial charge is 0.315 e. The molecule has 0 amide bonds. The van der Waals surface area contributed by atoms with Crippen LogP contribution in [0.25, 0.3) is 0 Å². The number of nitrogens with one attached hydrogen (secondary N) is 1. The molecule has 2 fully saturated rings. The van der Waals surface area contributed by atoms with Crippen LogP contribution in [0.3, 0.4) is 0 Å². The van der Waals surface area contributed by atoms with Crippen molar-refractivity contribution in [2.75, 3.05) is 34.2 Å². The van der Waals surface area contributed by atoms with Crippen LogP contribution >= 0.6 is 0 Å². The van der Waals surface area contributed by atoms with E-state index in [9.17, 15) is 0 Å². The van der Waals surface area contributed by atoms with E-state index in [1.54, 1.807) is 0 Å². The Hall–Kier alpha value is -0.120. The van der Waals surface area contributed by atoms with Gasteiger partial charge >= 0.3 is 0 Å². The van der Waals surface area contributed by atoms with Gasteiger partial charge in [-0.05, 0) is 65.2 Å². The molecule has 1 saturated carbocycles. The lowest BCUT2D eigenvalue weighted by molar-refractivity contribution is 0.0473. The third-order valence-electron chi connectivity index (χ3n) is 5.18. The van der Waals surface area contributed by atoms with Crippen molar-refractivity contribution in [2.45, 2.75) is 57.7 Å². The van der Waals surface area contributed by atoms with Crippen molar-refractivity contribution in [3.8, 4) is 0 Å². The smallest absolute Gasteiger partial charge is 0.0278 e. The molecule has 5 atom stereocenters. The molecule has 1 heterocycles. The van der Waals surface area contributed by atoms with Crippen molar-refractivity contribution >= 4 is 0 Å². The maximum Gasteiger partial charge on any atom is 0.0278 e. The quantitative estimate of drug-likeness (QED) is 0.841. The minimum Gasteiger partial charge on any atom is -0.315 e. The van der Waals surface area contributed by atoms with Crippen LogP contribution in [0.1, 0.15) is 39.5 Å². The molecule has 2 rings (SSSR count). The van der Waals surface area contributed by atoms with Crippen molar-refractivity contribution < 1.29 is 0 Å². The van der Waals surface area contributed by atoms with Gasteiger partial charge in [0.05, 0.1) is 0 Å². The Morgan fingerprint density at radius 3 is 2.58 bits per heavy atom. The first-order chi connectivity index (χ1) is 9.02. The predicted molar refractivity (Wildman–Crippen MR) is 82.5 cm³/mol. The van der Waals surface area contributed by atoms with E-state index < -0.39 is 0 Å².